The molecule has 0 heterocycles. The fraction of sp³-hybridized carbons (Fsp3) is 0.571. The van der Waals surface area contributed by atoms with Crippen LogP contribution in [0.4, 0.5) is 4.39 Å². The Kier molecular flexibility index (Phi) is 3.29. The van der Waals surface area contributed by atoms with Gasteiger partial charge >= 0.3 is 0 Å². The first-order chi connectivity index (χ1) is 7.59. The fourth-order valence-electron chi connectivity index (χ4n) is 2.74. The van der Waals surface area contributed by atoms with Gasteiger partial charge in [-0.15, -0.1) is 0 Å². The Hall–Kier alpha value is -0.890. The van der Waals surface area contributed by atoms with Gasteiger partial charge in [-0.3, -0.25) is 0 Å². The van der Waals surface area contributed by atoms with E-state index in [0.717, 1.165) is 12.0 Å². The first-order valence-electron chi connectivity index (χ1n) is 6.03. The van der Waals surface area contributed by atoms with E-state index in [1.807, 2.05) is 0 Å². The van der Waals surface area contributed by atoms with Gasteiger partial charge in [0.2, 0.25) is 0 Å². The molecule has 3 atom stereocenters. The molecule has 1 nitrogen and oxygen atoms in total. The molecule has 1 saturated carbocycles. The van der Waals surface area contributed by atoms with Crippen molar-refractivity contribution in [1.29, 1.82) is 0 Å². The molecule has 0 aromatic heterocycles. The summed E-state index contributed by atoms with van der Waals surface area (Å²) in [6, 6.07) is 4.93. The second-order valence-corrected chi connectivity index (χ2v) is 5.03. The SMILES string of the molecule is Cc1cc(C(O)C2CCCC2C)ccc1F. The van der Waals surface area contributed by atoms with Gasteiger partial charge in [0.15, 0.2) is 0 Å². The molecule has 1 aromatic rings. The molecule has 16 heavy (non-hydrogen) atoms. The molecule has 0 bridgehead atoms. The van der Waals surface area contributed by atoms with Crippen LogP contribution in [0, 0.1) is 24.6 Å². The average molecular weight is 222 g/mol. The van der Waals surface area contributed by atoms with Gasteiger partial charge < -0.3 is 5.11 Å². The monoisotopic (exact) mass is 222 g/mol. The maximum absolute atomic E-state index is 13.1. The van der Waals surface area contributed by atoms with Crippen molar-refractivity contribution >= 4 is 0 Å². The summed E-state index contributed by atoms with van der Waals surface area (Å²) < 4.78 is 13.1. The number of benzene rings is 1. The van der Waals surface area contributed by atoms with Crippen molar-refractivity contribution < 1.29 is 9.50 Å². The predicted octanol–water partition coefficient (Wildman–Crippen LogP) is 3.60. The summed E-state index contributed by atoms with van der Waals surface area (Å²) in [6.45, 7) is 3.93. The van der Waals surface area contributed by atoms with Gasteiger partial charge in [-0.2, -0.15) is 0 Å². The van der Waals surface area contributed by atoms with Crippen LogP contribution in [0.25, 0.3) is 0 Å². The molecule has 0 saturated heterocycles. The normalized spacial score (nSPS) is 27.0. The summed E-state index contributed by atoms with van der Waals surface area (Å²) in [5, 5.41) is 10.3. The lowest BCUT2D eigenvalue weighted by molar-refractivity contribution is 0.0899. The van der Waals surface area contributed by atoms with Crippen molar-refractivity contribution in [3.8, 4) is 0 Å². The number of halogens is 1. The van der Waals surface area contributed by atoms with E-state index < -0.39 is 6.10 Å². The summed E-state index contributed by atoms with van der Waals surface area (Å²) in [6.07, 6.45) is 3.04. The molecular weight excluding hydrogens is 203 g/mol. The van der Waals surface area contributed by atoms with Crippen molar-refractivity contribution in [1.82, 2.24) is 0 Å². The molecule has 0 aliphatic heterocycles. The number of hydrogen-bond acceptors (Lipinski definition) is 1. The highest BCUT2D eigenvalue weighted by Crippen LogP contribution is 2.40. The quantitative estimate of drug-likeness (QED) is 0.810. The van der Waals surface area contributed by atoms with Gasteiger partial charge in [-0.05, 0) is 42.4 Å². The third-order valence-corrected chi connectivity index (χ3v) is 3.86. The van der Waals surface area contributed by atoms with Crippen LogP contribution < -0.4 is 0 Å². The Bertz CT molecular complexity index is 375. The van der Waals surface area contributed by atoms with Crippen LogP contribution in [0.2, 0.25) is 0 Å². The van der Waals surface area contributed by atoms with Gasteiger partial charge in [0.25, 0.3) is 0 Å². The molecule has 2 heteroatoms. The topological polar surface area (TPSA) is 20.2 Å². The van der Waals surface area contributed by atoms with Crippen LogP contribution in [0.3, 0.4) is 0 Å². The molecule has 0 radical (unpaired) electrons. The summed E-state index contributed by atoms with van der Waals surface area (Å²) in [7, 11) is 0. The minimum Gasteiger partial charge on any atom is -0.388 e. The molecule has 0 spiro atoms. The lowest BCUT2D eigenvalue weighted by Crippen LogP contribution is -2.15. The second kappa shape index (κ2) is 4.54. The van der Waals surface area contributed by atoms with Crippen molar-refractivity contribution in [2.45, 2.75) is 39.2 Å². The van der Waals surface area contributed by atoms with Crippen LogP contribution >= 0.6 is 0 Å². The van der Waals surface area contributed by atoms with Crippen LogP contribution in [0.5, 0.6) is 0 Å². The smallest absolute Gasteiger partial charge is 0.126 e. The third-order valence-electron chi connectivity index (χ3n) is 3.86. The second-order valence-electron chi connectivity index (χ2n) is 5.03. The first kappa shape index (κ1) is 11.6. The van der Waals surface area contributed by atoms with E-state index in [2.05, 4.69) is 6.92 Å². The molecule has 1 N–H and O–H groups in total. The minimum atomic E-state index is -0.434. The van der Waals surface area contributed by atoms with E-state index >= 15 is 0 Å². The zero-order chi connectivity index (χ0) is 11.7. The van der Waals surface area contributed by atoms with Crippen molar-refractivity contribution in [3.05, 3.63) is 35.1 Å². The van der Waals surface area contributed by atoms with E-state index in [0.29, 0.717) is 17.4 Å². The Labute approximate surface area is 96.3 Å². The molecule has 3 unspecified atom stereocenters. The van der Waals surface area contributed by atoms with Crippen LogP contribution in [-0.4, -0.2) is 5.11 Å². The third kappa shape index (κ3) is 2.12. The Morgan fingerprint density at radius 1 is 1.38 bits per heavy atom. The summed E-state index contributed by atoms with van der Waals surface area (Å²) in [4.78, 5) is 0. The van der Waals surface area contributed by atoms with Gasteiger partial charge in [0.1, 0.15) is 5.82 Å². The first-order valence-corrected chi connectivity index (χ1v) is 6.03. The fourth-order valence-corrected chi connectivity index (χ4v) is 2.74. The minimum absolute atomic E-state index is 0.199. The van der Waals surface area contributed by atoms with E-state index in [-0.39, 0.29) is 5.82 Å². The highest BCUT2D eigenvalue weighted by Gasteiger charge is 2.30. The Morgan fingerprint density at radius 3 is 2.69 bits per heavy atom. The van der Waals surface area contributed by atoms with Crippen LogP contribution in [-0.2, 0) is 0 Å². The molecule has 88 valence electrons. The summed E-state index contributed by atoms with van der Waals surface area (Å²) in [5.41, 5.74) is 1.47. The maximum Gasteiger partial charge on any atom is 0.126 e. The lowest BCUT2D eigenvalue weighted by Gasteiger charge is -2.22. The highest BCUT2D eigenvalue weighted by molar-refractivity contribution is 5.26. The van der Waals surface area contributed by atoms with Crippen molar-refractivity contribution in [2.24, 2.45) is 11.8 Å². The lowest BCUT2D eigenvalue weighted by atomic mass is 9.87. The zero-order valence-corrected chi connectivity index (χ0v) is 9.91. The van der Waals surface area contributed by atoms with E-state index in [1.54, 1.807) is 19.1 Å². The number of aryl methyl sites for hydroxylation is 1. The maximum atomic E-state index is 13.1. The van der Waals surface area contributed by atoms with Crippen molar-refractivity contribution in [2.75, 3.05) is 0 Å². The molecule has 1 aromatic carbocycles. The van der Waals surface area contributed by atoms with Gasteiger partial charge in [-0.25, -0.2) is 4.39 Å². The number of aliphatic hydroxyl groups is 1. The Morgan fingerprint density at radius 2 is 2.12 bits per heavy atom. The highest BCUT2D eigenvalue weighted by atomic mass is 19.1. The number of aliphatic hydroxyl groups excluding tert-OH is 1. The molecule has 1 aliphatic rings. The van der Waals surface area contributed by atoms with Crippen LogP contribution in [0.15, 0.2) is 18.2 Å². The number of rotatable bonds is 2. The van der Waals surface area contributed by atoms with E-state index in [9.17, 15) is 9.50 Å². The van der Waals surface area contributed by atoms with E-state index in [4.69, 9.17) is 0 Å². The largest absolute Gasteiger partial charge is 0.388 e. The molecular formula is C14H19FO. The van der Waals surface area contributed by atoms with Crippen LogP contribution in [0.1, 0.15) is 43.4 Å². The summed E-state index contributed by atoms with van der Waals surface area (Å²) in [5.74, 6) is 0.709. The van der Waals surface area contributed by atoms with Crippen molar-refractivity contribution in [3.63, 3.8) is 0 Å². The molecule has 1 aliphatic carbocycles. The molecule has 0 amide bonds. The summed E-state index contributed by atoms with van der Waals surface area (Å²) >= 11 is 0. The standard InChI is InChI=1S/C14H19FO/c1-9-4-3-5-12(9)14(16)11-6-7-13(15)10(2)8-11/h6-9,12,14,16H,3-5H2,1-2H3. The van der Waals surface area contributed by atoms with E-state index in [1.165, 1.54) is 18.9 Å². The molecule has 1 fully saturated rings. The zero-order valence-electron chi connectivity index (χ0n) is 9.91. The van der Waals surface area contributed by atoms with Gasteiger partial charge in [0, 0.05) is 0 Å². The number of hydrogen-bond donors (Lipinski definition) is 1. The van der Waals surface area contributed by atoms with Gasteiger partial charge in [0.05, 0.1) is 6.10 Å². The Balaban J connectivity index is 2.20. The molecule has 2 rings (SSSR count). The van der Waals surface area contributed by atoms with Gasteiger partial charge in [-0.1, -0.05) is 31.9 Å². The predicted molar refractivity (Wildman–Crippen MR) is 62.6 cm³/mol. The average Bonchev–Trinajstić information content (AvgIpc) is 2.67.